The van der Waals surface area contributed by atoms with Crippen molar-refractivity contribution in [3.05, 3.63) is 72.3 Å². The number of carbonyl (C=O) groups excluding carboxylic acids is 1. The lowest BCUT2D eigenvalue weighted by Crippen LogP contribution is -2.35. The lowest BCUT2D eigenvalue weighted by Gasteiger charge is -2.30. The lowest BCUT2D eigenvalue weighted by atomic mass is 10.0. The van der Waals surface area contributed by atoms with E-state index < -0.39 is 10.0 Å². The third-order valence-electron chi connectivity index (χ3n) is 5.51. The number of nitrogens with zero attached hydrogens (tertiary/aromatic N) is 1. The number of aryl methyl sites for hydroxylation is 1. The average Bonchev–Trinajstić information content (AvgIpc) is 3.30. The van der Waals surface area contributed by atoms with Gasteiger partial charge >= 0.3 is 0 Å². The maximum atomic E-state index is 13.2. The fourth-order valence-corrected chi connectivity index (χ4v) is 5.45. The van der Waals surface area contributed by atoms with Crippen LogP contribution in [0.15, 0.2) is 71.6 Å². The van der Waals surface area contributed by atoms with E-state index in [4.69, 9.17) is 14.2 Å². The Morgan fingerprint density at radius 2 is 1.79 bits per heavy atom. The van der Waals surface area contributed by atoms with E-state index >= 15 is 0 Å². The molecular formula is C24H22N2O6S. The molecule has 0 unspecified atom stereocenters. The van der Waals surface area contributed by atoms with Crippen molar-refractivity contribution in [2.45, 2.75) is 17.7 Å². The molecule has 2 aliphatic rings. The first-order valence-electron chi connectivity index (χ1n) is 10.5. The molecule has 0 radical (unpaired) electrons. The quantitative estimate of drug-likeness (QED) is 0.597. The average molecular weight is 467 g/mol. The van der Waals surface area contributed by atoms with Gasteiger partial charge in [-0.2, -0.15) is 0 Å². The van der Waals surface area contributed by atoms with Gasteiger partial charge in [-0.1, -0.05) is 18.2 Å². The summed E-state index contributed by atoms with van der Waals surface area (Å²) in [6.45, 7) is 0.378. The fraction of sp³-hybridized carbons (Fsp3) is 0.208. The molecule has 0 fully saturated rings. The second-order valence-electron chi connectivity index (χ2n) is 7.69. The molecule has 3 aromatic rings. The van der Waals surface area contributed by atoms with E-state index in [-0.39, 0.29) is 24.2 Å². The minimum atomic E-state index is -3.69. The van der Waals surface area contributed by atoms with Gasteiger partial charge in [-0.3, -0.25) is 9.10 Å². The van der Waals surface area contributed by atoms with E-state index in [9.17, 15) is 13.2 Å². The van der Waals surface area contributed by atoms with Gasteiger partial charge in [-0.25, -0.2) is 8.42 Å². The summed E-state index contributed by atoms with van der Waals surface area (Å²) in [6, 6.07) is 18.8. The van der Waals surface area contributed by atoms with E-state index in [1.165, 1.54) is 16.4 Å². The normalized spacial score (nSPS) is 14.5. The number of para-hydroxylation sites is 1. The van der Waals surface area contributed by atoms with E-state index in [1.54, 1.807) is 30.3 Å². The van der Waals surface area contributed by atoms with Gasteiger partial charge in [-0.15, -0.1) is 0 Å². The van der Waals surface area contributed by atoms with Crippen molar-refractivity contribution in [3.63, 3.8) is 0 Å². The molecule has 33 heavy (non-hydrogen) atoms. The maximum absolute atomic E-state index is 13.2. The molecule has 0 aliphatic carbocycles. The number of amides is 1. The highest BCUT2D eigenvalue weighted by atomic mass is 32.2. The summed E-state index contributed by atoms with van der Waals surface area (Å²) < 4.78 is 44.0. The molecule has 0 atom stereocenters. The second kappa shape index (κ2) is 8.67. The Hall–Kier alpha value is -3.72. The number of nitrogens with one attached hydrogen (secondary N) is 1. The zero-order valence-corrected chi connectivity index (χ0v) is 18.5. The van der Waals surface area contributed by atoms with Crippen LogP contribution >= 0.6 is 0 Å². The molecule has 170 valence electrons. The van der Waals surface area contributed by atoms with Crippen molar-refractivity contribution in [2.24, 2.45) is 0 Å². The van der Waals surface area contributed by atoms with Crippen LogP contribution in [0.5, 0.6) is 17.2 Å². The topological polar surface area (TPSA) is 94.2 Å². The summed E-state index contributed by atoms with van der Waals surface area (Å²) >= 11 is 0. The molecule has 8 nitrogen and oxygen atoms in total. The monoisotopic (exact) mass is 466 g/mol. The molecule has 5 rings (SSSR count). The number of hydrogen-bond acceptors (Lipinski definition) is 6. The molecule has 0 bridgehead atoms. The van der Waals surface area contributed by atoms with Crippen LogP contribution < -0.4 is 23.8 Å². The number of fused-ring (bicyclic) bond motifs is 2. The number of sulfonamides is 1. The Labute approximate surface area is 191 Å². The Bertz CT molecular complexity index is 1290. The van der Waals surface area contributed by atoms with E-state index in [1.807, 2.05) is 24.3 Å². The van der Waals surface area contributed by atoms with Crippen molar-refractivity contribution in [2.75, 3.05) is 29.6 Å². The maximum Gasteiger partial charge on any atom is 0.264 e. The van der Waals surface area contributed by atoms with Crippen molar-refractivity contribution < 1.29 is 27.4 Å². The van der Waals surface area contributed by atoms with Crippen molar-refractivity contribution in [1.29, 1.82) is 0 Å². The highest BCUT2D eigenvalue weighted by Crippen LogP contribution is 2.34. The number of anilines is 2. The molecule has 1 amide bonds. The number of benzene rings is 3. The highest BCUT2D eigenvalue weighted by Gasteiger charge is 2.28. The Morgan fingerprint density at radius 3 is 2.64 bits per heavy atom. The molecular weight excluding hydrogens is 444 g/mol. The number of carbonyl (C=O) groups is 1. The van der Waals surface area contributed by atoms with Gasteiger partial charge in [0.1, 0.15) is 5.75 Å². The number of rotatable bonds is 6. The Kier molecular flexibility index (Phi) is 5.55. The number of hydrogen-bond donors (Lipinski definition) is 1. The first-order valence-corrected chi connectivity index (χ1v) is 12.0. The Balaban J connectivity index is 1.22. The van der Waals surface area contributed by atoms with Gasteiger partial charge in [0, 0.05) is 18.3 Å². The van der Waals surface area contributed by atoms with E-state index in [0.29, 0.717) is 29.5 Å². The highest BCUT2D eigenvalue weighted by molar-refractivity contribution is 7.92. The van der Waals surface area contributed by atoms with Gasteiger partial charge in [0.15, 0.2) is 18.1 Å². The van der Waals surface area contributed by atoms with Gasteiger partial charge in [-0.05, 0) is 60.9 Å². The molecule has 2 heterocycles. The minimum absolute atomic E-state index is 0.159. The van der Waals surface area contributed by atoms with Crippen LogP contribution in [-0.2, 0) is 21.2 Å². The molecule has 0 aromatic heterocycles. The predicted molar refractivity (Wildman–Crippen MR) is 122 cm³/mol. The van der Waals surface area contributed by atoms with Crippen LogP contribution in [-0.4, -0.2) is 34.3 Å². The molecule has 0 spiro atoms. The molecule has 9 heteroatoms. The SMILES string of the molecule is O=C(COc1ccc(S(=O)(=O)N2CCCc3ccccc32)cc1)Nc1ccc2c(c1)OCO2. The van der Waals surface area contributed by atoms with Crippen LogP contribution in [0.3, 0.4) is 0 Å². The van der Waals surface area contributed by atoms with Crippen LogP contribution in [0.4, 0.5) is 11.4 Å². The van der Waals surface area contributed by atoms with Crippen LogP contribution in [0, 0.1) is 0 Å². The Morgan fingerprint density at radius 1 is 1.00 bits per heavy atom. The minimum Gasteiger partial charge on any atom is -0.484 e. The van der Waals surface area contributed by atoms with Gasteiger partial charge < -0.3 is 19.5 Å². The summed E-state index contributed by atoms with van der Waals surface area (Å²) in [7, 11) is -3.69. The summed E-state index contributed by atoms with van der Waals surface area (Å²) in [6.07, 6.45) is 1.64. The van der Waals surface area contributed by atoms with Crippen LogP contribution in [0.2, 0.25) is 0 Å². The van der Waals surface area contributed by atoms with Gasteiger partial charge in [0.2, 0.25) is 6.79 Å². The van der Waals surface area contributed by atoms with E-state index in [0.717, 1.165) is 24.1 Å². The van der Waals surface area contributed by atoms with Crippen LogP contribution in [0.1, 0.15) is 12.0 Å². The first-order chi connectivity index (χ1) is 16.0. The van der Waals surface area contributed by atoms with Crippen molar-refractivity contribution in [1.82, 2.24) is 0 Å². The smallest absolute Gasteiger partial charge is 0.264 e. The fourth-order valence-electron chi connectivity index (χ4n) is 3.90. The summed E-state index contributed by atoms with van der Waals surface area (Å²) in [5, 5.41) is 2.73. The van der Waals surface area contributed by atoms with E-state index in [2.05, 4.69) is 5.32 Å². The standard InChI is InChI=1S/C24H22N2O6S/c27-24(25-18-7-12-22-23(14-18)32-16-31-22)15-30-19-8-10-20(11-9-19)33(28,29)26-13-3-5-17-4-1-2-6-21(17)26/h1-2,4,6-12,14H,3,5,13,15-16H2,(H,25,27). The molecule has 0 saturated carbocycles. The van der Waals surface area contributed by atoms with Crippen molar-refractivity contribution in [3.8, 4) is 17.2 Å². The third-order valence-corrected chi connectivity index (χ3v) is 7.33. The van der Waals surface area contributed by atoms with Gasteiger partial charge in [0.25, 0.3) is 15.9 Å². The first kappa shape index (κ1) is 21.1. The second-order valence-corrected chi connectivity index (χ2v) is 9.55. The molecule has 2 aliphatic heterocycles. The summed E-state index contributed by atoms with van der Waals surface area (Å²) in [4.78, 5) is 12.4. The predicted octanol–water partition coefficient (Wildman–Crippen LogP) is 3.57. The zero-order chi connectivity index (χ0) is 22.8. The lowest BCUT2D eigenvalue weighted by molar-refractivity contribution is -0.118. The zero-order valence-electron chi connectivity index (χ0n) is 17.7. The molecule has 1 N–H and O–H groups in total. The summed E-state index contributed by atoms with van der Waals surface area (Å²) in [5.41, 5.74) is 2.32. The largest absolute Gasteiger partial charge is 0.484 e. The molecule has 3 aromatic carbocycles. The third kappa shape index (κ3) is 4.31. The summed E-state index contributed by atoms with van der Waals surface area (Å²) in [5.74, 6) is 1.25. The van der Waals surface area contributed by atoms with Gasteiger partial charge in [0.05, 0.1) is 10.6 Å². The van der Waals surface area contributed by atoms with Crippen LogP contribution in [0.25, 0.3) is 0 Å². The molecule has 0 saturated heterocycles. The number of ether oxygens (including phenoxy) is 3. The van der Waals surface area contributed by atoms with Crippen molar-refractivity contribution >= 4 is 27.3 Å².